The molecule has 0 N–H and O–H groups in total. The molecule has 1 aromatic rings. The third kappa shape index (κ3) is 4.76. The van der Waals surface area contributed by atoms with Crippen molar-refractivity contribution in [2.24, 2.45) is 0 Å². The third-order valence-electron chi connectivity index (χ3n) is 3.81. The van der Waals surface area contributed by atoms with E-state index in [1.165, 1.54) is 26.4 Å². The summed E-state index contributed by atoms with van der Waals surface area (Å²) in [7, 11) is 2.88. The molecule has 1 aliphatic rings. The molecule has 0 aliphatic carbocycles. The van der Waals surface area contributed by atoms with Gasteiger partial charge in [-0.1, -0.05) is 42.0 Å². The molecule has 1 aliphatic heterocycles. The van der Waals surface area contributed by atoms with Gasteiger partial charge in [-0.05, 0) is 13.0 Å². The zero-order valence-electron chi connectivity index (χ0n) is 15.0. The maximum atomic E-state index is 12.8. The van der Waals surface area contributed by atoms with Crippen LogP contribution < -0.4 is 9.47 Å². The summed E-state index contributed by atoms with van der Waals surface area (Å²) >= 11 is 6.38. The van der Waals surface area contributed by atoms with Crippen molar-refractivity contribution in [3.05, 3.63) is 58.7 Å². The lowest BCUT2D eigenvalue weighted by Crippen LogP contribution is -2.18. The van der Waals surface area contributed by atoms with Crippen molar-refractivity contribution in [2.45, 2.75) is 25.9 Å². The number of hydrogen-bond donors (Lipinski definition) is 0. The van der Waals surface area contributed by atoms with Gasteiger partial charge in [0.2, 0.25) is 0 Å². The second kappa shape index (κ2) is 9.25. The number of rotatable bonds is 2. The summed E-state index contributed by atoms with van der Waals surface area (Å²) in [5.74, 6) is -0.233. The number of carbonyl (C=O) groups excluding carboxylic acids is 2. The lowest BCUT2D eigenvalue weighted by Gasteiger charge is -2.18. The van der Waals surface area contributed by atoms with Crippen molar-refractivity contribution in [3.63, 3.8) is 0 Å². The highest BCUT2D eigenvalue weighted by Gasteiger charge is 2.26. The molecule has 0 spiro atoms. The molecule has 1 aromatic carbocycles. The minimum atomic E-state index is -0.591. The molecule has 0 bridgehead atoms. The zero-order chi connectivity index (χ0) is 19.1. The van der Waals surface area contributed by atoms with Gasteiger partial charge in [0, 0.05) is 24.5 Å². The van der Waals surface area contributed by atoms with E-state index in [0.717, 1.165) is 0 Å². The topological polar surface area (TPSA) is 61.8 Å². The minimum absolute atomic E-state index is 0.0780. The summed E-state index contributed by atoms with van der Waals surface area (Å²) in [5, 5.41) is 0.192. The molecule has 0 aromatic heterocycles. The number of ketones is 1. The lowest BCUT2D eigenvalue weighted by molar-refractivity contribution is -0.114. The first-order valence-electron chi connectivity index (χ1n) is 8.15. The van der Waals surface area contributed by atoms with Gasteiger partial charge in [-0.25, -0.2) is 4.79 Å². The molecule has 0 saturated heterocycles. The van der Waals surface area contributed by atoms with E-state index in [1.807, 2.05) is 12.2 Å². The second-order valence-corrected chi connectivity index (χ2v) is 6.09. The predicted molar refractivity (Wildman–Crippen MR) is 100 cm³/mol. The number of allylic oxidation sites excluding steroid dienone is 5. The smallest absolute Gasteiger partial charge is 0.342 e. The molecule has 0 saturated carbocycles. The van der Waals surface area contributed by atoms with Crippen molar-refractivity contribution in [2.75, 3.05) is 14.2 Å². The predicted octanol–water partition coefficient (Wildman–Crippen LogP) is 4.09. The van der Waals surface area contributed by atoms with Gasteiger partial charge in [0.05, 0.1) is 19.2 Å². The SMILES string of the molecule is COc1cc(OC)c2c(c1Cl)CC(=O)C=CC=CC=CCC(C)OC2=O. The molecular formula is C20H21ClO5. The molecular weight excluding hydrogens is 356 g/mol. The Morgan fingerprint density at radius 2 is 1.77 bits per heavy atom. The summed E-state index contributed by atoms with van der Waals surface area (Å²) in [4.78, 5) is 25.1. The van der Waals surface area contributed by atoms with Gasteiger partial charge in [0.1, 0.15) is 23.2 Å². The number of methoxy groups -OCH3 is 2. The number of benzene rings is 1. The Balaban J connectivity index is 2.60. The Kier molecular flexibility index (Phi) is 7.04. The van der Waals surface area contributed by atoms with Crippen molar-refractivity contribution in [1.29, 1.82) is 0 Å². The van der Waals surface area contributed by atoms with E-state index in [9.17, 15) is 9.59 Å². The van der Waals surface area contributed by atoms with Crippen LogP contribution in [0.4, 0.5) is 0 Å². The van der Waals surface area contributed by atoms with E-state index >= 15 is 0 Å². The van der Waals surface area contributed by atoms with Gasteiger partial charge in [0.15, 0.2) is 5.78 Å². The highest BCUT2D eigenvalue weighted by Crippen LogP contribution is 2.38. The Morgan fingerprint density at radius 3 is 2.46 bits per heavy atom. The summed E-state index contributed by atoms with van der Waals surface area (Å²) in [6.45, 7) is 1.79. The van der Waals surface area contributed by atoms with Crippen molar-refractivity contribution < 1.29 is 23.8 Å². The number of cyclic esters (lactones) is 1. The fourth-order valence-corrected chi connectivity index (χ4v) is 2.82. The molecule has 1 unspecified atom stereocenters. The molecule has 138 valence electrons. The maximum absolute atomic E-state index is 12.8. The molecule has 2 rings (SSSR count). The van der Waals surface area contributed by atoms with Crippen molar-refractivity contribution in [1.82, 2.24) is 0 Å². The Labute approximate surface area is 157 Å². The summed E-state index contributed by atoms with van der Waals surface area (Å²) in [6, 6.07) is 1.51. The normalized spacial score (nSPS) is 18.1. The van der Waals surface area contributed by atoms with E-state index in [4.69, 9.17) is 25.8 Å². The van der Waals surface area contributed by atoms with Crippen LogP contribution in [0.5, 0.6) is 11.5 Å². The van der Waals surface area contributed by atoms with Gasteiger partial charge >= 0.3 is 5.97 Å². The maximum Gasteiger partial charge on any atom is 0.342 e. The number of ether oxygens (including phenoxy) is 3. The number of hydrogen-bond acceptors (Lipinski definition) is 5. The molecule has 0 radical (unpaired) electrons. The molecule has 6 heteroatoms. The van der Waals surface area contributed by atoms with E-state index in [2.05, 4.69) is 0 Å². The van der Waals surface area contributed by atoms with Crippen LogP contribution >= 0.6 is 11.6 Å². The standard InChI is InChI=1S/C20H21ClO5/c1-13-9-7-5-4-6-8-10-14(22)11-15-18(20(23)26-13)16(24-2)12-17(25-3)19(15)21/h4-8,10,12-13H,9,11H2,1-3H3. The van der Waals surface area contributed by atoms with Gasteiger partial charge in [-0.3, -0.25) is 4.79 Å². The second-order valence-electron chi connectivity index (χ2n) is 5.72. The van der Waals surface area contributed by atoms with Crippen LogP contribution in [0.25, 0.3) is 0 Å². The Bertz CT molecular complexity index is 777. The fraction of sp³-hybridized carbons (Fsp3) is 0.300. The zero-order valence-corrected chi connectivity index (χ0v) is 15.7. The van der Waals surface area contributed by atoms with Gasteiger partial charge < -0.3 is 14.2 Å². The van der Waals surface area contributed by atoms with Crippen LogP contribution in [0.3, 0.4) is 0 Å². The summed E-state index contributed by atoms with van der Waals surface area (Å²) < 4.78 is 16.1. The van der Waals surface area contributed by atoms with E-state index in [0.29, 0.717) is 17.7 Å². The molecule has 1 atom stereocenters. The van der Waals surface area contributed by atoms with Gasteiger partial charge in [-0.2, -0.15) is 0 Å². The van der Waals surface area contributed by atoms with E-state index in [1.54, 1.807) is 25.2 Å². The number of esters is 1. The summed E-state index contributed by atoms with van der Waals surface area (Å²) in [5.41, 5.74) is 0.467. The van der Waals surface area contributed by atoms with Crippen molar-refractivity contribution in [3.8, 4) is 11.5 Å². The van der Waals surface area contributed by atoms with Gasteiger partial charge in [0.25, 0.3) is 0 Å². The van der Waals surface area contributed by atoms with Crippen LogP contribution in [0.15, 0.2) is 42.5 Å². The molecule has 26 heavy (non-hydrogen) atoms. The molecule has 1 heterocycles. The first-order chi connectivity index (χ1) is 12.5. The van der Waals surface area contributed by atoms with Crippen LogP contribution in [-0.4, -0.2) is 32.1 Å². The quantitative estimate of drug-likeness (QED) is 0.727. The Hall–Kier alpha value is -2.53. The lowest BCUT2D eigenvalue weighted by atomic mass is 9.99. The molecule has 5 nitrogen and oxygen atoms in total. The first kappa shape index (κ1) is 19.8. The van der Waals surface area contributed by atoms with Gasteiger partial charge in [-0.15, -0.1) is 0 Å². The monoisotopic (exact) mass is 376 g/mol. The van der Waals surface area contributed by atoms with E-state index in [-0.39, 0.29) is 34.6 Å². The first-order valence-corrected chi connectivity index (χ1v) is 8.52. The molecule has 0 fully saturated rings. The van der Waals surface area contributed by atoms with Crippen LogP contribution in [0.1, 0.15) is 29.3 Å². The Morgan fingerprint density at radius 1 is 1.08 bits per heavy atom. The minimum Gasteiger partial charge on any atom is -0.496 e. The highest BCUT2D eigenvalue weighted by molar-refractivity contribution is 6.33. The number of halogens is 1. The van der Waals surface area contributed by atoms with E-state index < -0.39 is 5.97 Å². The summed E-state index contributed by atoms with van der Waals surface area (Å²) in [6.07, 6.45) is 10.5. The number of fused-ring (bicyclic) bond motifs is 1. The van der Waals surface area contributed by atoms with Crippen LogP contribution in [-0.2, 0) is 16.0 Å². The fourth-order valence-electron chi connectivity index (χ4n) is 2.52. The van der Waals surface area contributed by atoms with Crippen molar-refractivity contribution >= 4 is 23.4 Å². The number of carbonyl (C=O) groups is 2. The average molecular weight is 377 g/mol. The van der Waals surface area contributed by atoms with Crippen LogP contribution in [0, 0.1) is 0 Å². The third-order valence-corrected chi connectivity index (χ3v) is 4.23. The highest BCUT2D eigenvalue weighted by atomic mass is 35.5. The average Bonchev–Trinajstić information content (AvgIpc) is 2.61. The largest absolute Gasteiger partial charge is 0.496 e. The molecule has 0 amide bonds. The van der Waals surface area contributed by atoms with Crippen LogP contribution in [0.2, 0.25) is 5.02 Å².